The number of aliphatic hydroxyl groups excluding tert-OH is 5. The van der Waals surface area contributed by atoms with Crippen molar-refractivity contribution in [2.24, 2.45) is 5.92 Å². The van der Waals surface area contributed by atoms with Crippen molar-refractivity contribution in [1.29, 1.82) is 0 Å². The van der Waals surface area contributed by atoms with Crippen LogP contribution in [0.3, 0.4) is 0 Å². The van der Waals surface area contributed by atoms with E-state index in [0.717, 1.165) is 0 Å². The van der Waals surface area contributed by atoms with E-state index in [2.05, 4.69) is 0 Å². The number of aliphatic hydroxyl groups is 5. The van der Waals surface area contributed by atoms with Crippen molar-refractivity contribution in [3.8, 4) is 0 Å². The lowest BCUT2D eigenvalue weighted by atomic mass is 9.78. The molecule has 2 heterocycles. The lowest BCUT2D eigenvalue weighted by Gasteiger charge is -2.42. The van der Waals surface area contributed by atoms with Crippen LogP contribution in [0, 0.1) is 5.92 Å². The first kappa shape index (κ1) is 18.2. The van der Waals surface area contributed by atoms with E-state index in [-0.39, 0.29) is 5.92 Å². The number of fused-ring (bicyclic) bond motifs is 1. The van der Waals surface area contributed by atoms with Crippen LogP contribution in [0.1, 0.15) is 20.8 Å². The van der Waals surface area contributed by atoms with E-state index < -0.39 is 61.2 Å². The van der Waals surface area contributed by atoms with E-state index in [0.29, 0.717) is 5.57 Å². The van der Waals surface area contributed by atoms with Crippen molar-refractivity contribution >= 4 is 0 Å². The summed E-state index contributed by atoms with van der Waals surface area (Å²) in [5.41, 5.74) is -0.0269. The van der Waals surface area contributed by atoms with Crippen LogP contribution in [0.4, 0.5) is 0 Å². The maximum absolute atomic E-state index is 10.2. The van der Waals surface area contributed by atoms with Crippen LogP contribution < -0.4 is 0 Å². The van der Waals surface area contributed by atoms with Gasteiger partial charge in [0.1, 0.15) is 48.3 Å². The second-order valence-electron chi connectivity index (χ2n) is 7.16. The Labute approximate surface area is 140 Å². The van der Waals surface area contributed by atoms with Crippen LogP contribution >= 0.6 is 0 Å². The summed E-state index contributed by atoms with van der Waals surface area (Å²) in [4.78, 5) is 0. The van der Waals surface area contributed by atoms with Crippen molar-refractivity contribution in [3.05, 3.63) is 11.6 Å². The molecule has 0 unspecified atom stereocenters. The first-order valence-electron chi connectivity index (χ1n) is 8.24. The summed E-state index contributed by atoms with van der Waals surface area (Å²) >= 11 is 0. The zero-order chi connectivity index (χ0) is 17.8. The summed E-state index contributed by atoms with van der Waals surface area (Å²) in [6.07, 6.45) is -6.61. The molecule has 5 N–H and O–H groups in total. The highest BCUT2D eigenvalue weighted by molar-refractivity contribution is 5.31. The maximum atomic E-state index is 10.2. The van der Waals surface area contributed by atoms with Crippen molar-refractivity contribution in [1.82, 2.24) is 0 Å². The van der Waals surface area contributed by atoms with Gasteiger partial charge in [-0.25, -0.2) is 0 Å². The predicted octanol–water partition coefficient (Wildman–Crippen LogP) is -1.71. The second-order valence-corrected chi connectivity index (χ2v) is 7.16. The average Bonchev–Trinajstić information content (AvgIpc) is 3.30. The lowest BCUT2D eigenvalue weighted by molar-refractivity contribution is -0.312. The first-order chi connectivity index (χ1) is 11.2. The summed E-state index contributed by atoms with van der Waals surface area (Å²) in [7, 11) is 0. The van der Waals surface area contributed by atoms with Gasteiger partial charge in [0.15, 0.2) is 6.29 Å². The molecule has 0 aromatic carbocycles. The monoisotopic (exact) mass is 346 g/mol. The zero-order valence-electron chi connectivity index (χ0n) is 13.9. The molecule has 0 amide bonds. The van der Waals surface area contributed by atoms with Crippen molar-refractivity contribution in [3.63, 3.8) is 0 Å². The summed E-state index contributed by atoms with van der Waals surface area (Å²) < 4.78 is 17.0. The van der Waals surface area contributed by atoms with Gasteiger partial charge in [0.2, 0.25) is 0 Å². The first-order valence-corrected chi connectivity index (χ1v) is 8.24. The van der Waals surface area contributed by atoms with Gasteiger partial charge < -0.3 is 39.7 Å². The quantitative estimate of drug-likeness (QED) is 0.300. The minimum absolute atomic E-state index is 0.0383. The molecule has 138 valence electrons. The molecule has 0 radical (unpaired) electrons. The molecule has 9 atom stereocenters. The standard InChI is InChI=1S/C16H26O8/c1-6(2)16-9(4-7(3)10(18)14(16)24-16)23-15-13(21)12(20)11(19)8(5-17)22-15/h4,6,8-15,17-21H,5H2,1-3H3/t8-,9-,10-,11-,12+,13-,14+,15+,16-/m1/s1. The third-order valence-electron chi connectivity index (χ3n) is 5.36. The molecule has 8 nitrogen and oxygen atoms in total. The summed E-state index contributed by atoms with van der Waals surface area (Å²) in [6.45, 7) is 5.15. The van der Waals surface area contributed by atoms with Gasteiger partial charge in [-0.3, -0.25) is 0 Å². The molecule has 8 heteroatoms. The molecule has 0 bridgehead atoms. The van der Waals surface area contributed by atoms with Crippen LogP contribution in [-0.4, -0.2) is 86.8 Å². The fourth-order valence-corrected chi connectivity index (χ4v) is 3.70. The Hall–Kier alpha value is -0.580. The molecule has 24 heavy (non-hydrogen) atoms. The predicted molar refractivity (Wildman–Crippen MR) is 80.8 cm³/mol. The Kier molecular flexibility index (Phi) is 4.78. The van der Waals surface area contributed by atoms with E-state index in [1.807, 2.05) is 13.8 Å². The molecule has 2 saturated heterocycles. The average molecular weight is 346 g/mol. The van der Waals surface area contributed by atoms with Gasteiger partial charge >= 0.3 is 0 Å². The van der Waals surface area contributed by atoms with Crippen LogP contribution in [0.25, 0.3) is 0 Å². The summed E-state index contributed by atoms with van der Waals surface area (Å²) in [5.74, 6) is 0.0383. The van der Waals surface area contributed by atoms with Crippen LogP contribution in [0.15, 0.2) is 11.6 Å². The number of epoxide rings is 1. The largest absolute Gasteiger partial charge is 0.394 e. The Bertz CT molecular complexity index is 506. The minimum atomic E-state index is -1.49. The highest BCUT2D eigenvalue weighted by atomic mass is 16.7. The van der Waals surface area contributed by atoms with Gasteiger partial charge in [0, 0.05) is 0 Å². The Morgan fingerprint density at radius 1 is 1.17 bits per heavy atom. The van der Waals surface area contributed by atoms with E-state index >= 15 is 0 Å². The Morgan fingerprint density at radius 3 is 2.42 bits per heavy atom. The molecule has 0 aromatic heterocycles. The SMILES string of the molecule is CC1=C[C@@H](O[C@@H]2O[C@H](CO)[C@@H](O)[C@H](O)[C@H]2O)[C@@]2(C(C)C)O[C@H]2[C@@H]1O. The topological polar surface area (TPSA) is 132 Å². The van der Waals surface area contributed by atoms with E-state index in [4.69, 9.17) is 14.2 Å². The summed E-state index contributed by atoms with van der Waals surface area (Å²) in [6, 6.07) is 0. The van der Waals surface area contributed by atoms with Crippen LogP contribution in [0.5, 0.6) is 0 Å². The van der Waals surface area contributed by atoms with Gasteiger partial charge in [0.05, 0.1) is 6.61 Å². The fourth-order valence-electron chi connectivity index (χ4n) is 3.70. The maximum Gasteiger partial charge on any atom is 0.187 e. The molecule has 3 rings (SSSR count). The van der Waals surface area contributed by atoms with Gasteiger partial charge in [-0.2, -0.15) is 0 Å². The van der Waals surface area contributed by atoms with Gasteiger partial charge in [-0.05, 0) is 18.4 Å². The number of rotatable bonds is 4. The highest BCUT2D eigenvalue weighted by Crippen LogP contribution is 2.53. The molecule has 1 aliphatic carbocycles. The van der Waals surface area contributed by atoms with Gasteiger partial charge in [-0.1, -0.05) is 19.9 Å². The van der Waals surface area contributed by atoms with Crippen LogP contribution in [-0.2, 0) is 14.2 Å². The van der Waals surface area contributed by atoms with E-state index in [1.165, 1.54) is 0 Å². The molecule has 0 aromatic rings. The highest BCUT2D eigenvalue weighted by Gasteiger charge is 2.69. The number of hydrogen-bond donors (Lipinski definition) is 5. The minimum Gasteiger partial charge on any atom is -0.394 e. The van der Waals surface area contributed by atoms with E-state index in [9.17, 15) is 25.5 Å². The normalized spacial score (nSPS) is 51.3. The molecular weight excluding hydrogens is 320 g/mol. The second kappa shape index (κ2) is 6.30. The number of ether oxygens (including phenoxy) is 3. The molecule has 0 saturated carbocycles. The molecule has 2 aliphatic heterocycles. The molecule has 3 aliphatic rings. The Balaban J connectivity index is 1.81. The molecular formula is C16H26O8. The summed E-state index contributed by atoms with van der Waals surface area (Å²) in [5, 5.41) is 49.3. The lowest BCUT2D eigenvalue weighted by Crippen LogP contribution is -2.60. The third kappa shape index (κ3) is 2.62. The fraction of sp³-hybridized carbons (Fsp3) is 0.875. The smallest absolute Gasteiger partial charge is 0.187 e. The van der Waals surface area contributed by atoms with Crippen molar-refractivity contribution in [2.45, 2.75) is 75.4 Å². The Morgan fingerprint density at radius 2 is 1.83 bits per heavy atom. The van der Waals surface area contributed by atoms with E-state index in [1.54, 1.807) is 13.0 Å². The van der Waals surface area contributed by atoms with Gasteiger partial charge in [-0.15, -0.1) is 0 Å². The zero-order valence-corrected chi connectivity index (χ0v) is 13.9. The van der Waals surface area contributed by atoms with Crippen LogP contribution in [0.2, 0.25) is 0 Å². The molecule has 0 spiro atoms. The van der Waals surface area contributed by atoms with Crippen molar-refractivity contribution < 1.29 is 39.7 Å². The van der Waals surface area contributed by atoms with Crippen molar-refractivity contribution in [2.75, 3.05) is 6.61 Å². The third-order valence-corrected chi connectivity index (χ3v) is 5.36. The molecule has 2 fully saturated rings. The number of hydrogen-bond acceptors (Lipinski definition) is 8. The van der Waals surface area contributed by atoms with Gasteiger partial charge in [0.25, 0.3) is 0 Å².